The first-order chi connectivity index (χ1) is 8.88. The SMILES string of the molecule is CC(=O)c1nn(-c2cc(Cl)cc(Cl)c2)c(C)cc1=O. The predicted octanol–water partition coefficient (Wildman–Crippen LogP) is 3.05. The van der Waals surface area contributed by atoms with Gasteiger partial charge in [0.1, 0.15) is 0 Å². The molecule has 1 aromatic heterocycles. The van der Waals surface area contributed by atoms with Gasteiger partial charge >= 0.3 is 0 Å². The average molecular weight is 297 g/mol. The minimum absolute atomic E-state index is 0.110. The van der Waals surface area contributed by atoms with Gasteiger partial charge in [-0.2, -0.15) is 5.10 Å². The van der Waals surface area contributed by atoms with Gasteiger partial charge < -0.3 is 0 Å². The summed E-state index contributed by atoms with van der Waals surface area (Å²) in [6.07, 6.45) is 0. The summed E-state index contributed by atoms with van der Waals surface area (Å²) in [5.41, 5.74) is 0.682. The summed E-state index contributed by atoms with van der Waals surface area (Å²) in [6, 6.07) is 6.26. The van der Waals surface area contributed by atoms with Crippen LogP contribution in [0.4, 0.5) is 0 Å². The number of hydrogen-bond acceptors (Lipinski definition) is 3. The molecule has 0 radical (unpaired) electrons. The molecule has 19 heavy (non-hydrogen) atoms. The molecule has 0 aliphatic carbocycles. The Bertz CT molecular complexity index is 703. The lowest BCUT2D eigenvalue weighted by Crippen LogP contribution is -2.21. The van der Waals surface area contributed by atoms with E-state index >= 15 is 0 Å². The van der Waals surface area contributed by atoms with Crippen molar-refractivity contribution in [2.24, 2.45) is 0 Å². The Labute approximate surface area is 119 Å². The second-order valence-corrected chi connectivity index (χ2v) is 4.97. The molecule has 6 heteroatoms. The van der Waals surface area contributed by atoms with Crippen LogP contribution in [0.3, 0.4) is 0 Å². The van der Waals surface area contributed by atoms with Crippen LogP contribution in [0.5, 0.6) is 0 Å². The fraction of sp³-hybridized carbons (Fsp3) is 0.154. The molecule has 0 atom stereocenters. The summed E-state index contributed by atoms with van der Waals surface area (Å²) < 4.78 is 1.47. The molecule has 0 N–H and O–H groups in total. The van der Waals surface area contributed by atoms with Crippen molar-refractivity contribution in [3.63, 3.8) is 0 Å². The monoisotopic (exact) mass is 296 g/mol. The zero-order chi connectivity index (χ0) is 14.2. The van der Waals surface area contributed by atoms with Crippen LogP contribution >= 0.6 is 23.2 Å². The molecule has 0 aliphatic rings. The summed E-state index contributed by atoms with van der Waals surface area (Å²) in [5, 5.41) is 4.96. The zero-order valence-corrected chi connectivity index (χ0v) is 11.8. The molecule has 1 heterocycles. The number of benzene rings is 1. The summed E-state index contributed by atoms with van der Waals surface area (Å²) in [5.74, 6) is -0.383. The molecule has 98 valence electrons. The minimum atomic E-state index is -0.394. The lowest BCUT2D eigenvalue weighted by Gasteiger charge is -2.11. The molecule has 0 fully saturated rings. The minimum Gasteiger partial charge on any atom is -0.293 e. The molecular weight excluding hydrogens is 287 g/mol. The van der Waals surface area contributed by atoms with E-state index in [2.05, 4.69) is 5.10 Å². The van der Waals surface area contributed by atoms with Crippen molar-refractivity contribution in [2.75, 3.05) is 0 Å². The highest BCUT2D eigenvalue weighted by Gasteiger charge is 2.12. The summed E-state index contributed by atoms with van der Waals surface area (Å²) in [6.45, 7) is 3.02. The van der Waals surface area contributed by atoms with Crippen LogP contribution in [0.15, 0.2) is 29.1 Å². The van der Waals surface area contributed by atoms with E-state index in [1.807, 2.05) is 0 Å². The molecule has 2 aromatic rings. The van der Waals surface area contributed by atoms with Gasteiger partial charge in [-0.3, -0.25) is 9.59 Å². The molecule has 0 amide bonds. The van der Waals surface area contributed by atoms with Crippen molar-refractivity contribution in [3.8, 4) is 5.69 Å². The average Bonchev–Trinajstić information content (AvgIpc) is 2.26. The van der Waals surface area contributed by atoms with Crippen LogP contribution in [0.1, 0.15) is 23.1 Å². The van der Waals surface area contributed by atoms with E-state index in [9.17, 15) is 9.59 Å². The van der Waals surface area contributed by atoms with Gasteiger partial charge in [0.05, 0.1) is 5.69 Å². The Hall–Kier alpha value is -1.65. The highest BCUT2D eigenvalue weighted by molar-refractivity contribution is 6.34. The van der Waals surface area contributed by atoms with Crippen LogP contribution in [0, 0.1) is 6.92 Å². The number of rotatable bonds is 2. The van der Waals surface area contributed by atoms with Crippen molar-refractivity contribution in [1.29, 1.82) is 0 Å². The van der Waals surface area contributed by atoms with Crippen LogP contribution in [0.2, 0.25) is 10.0 Å². The first-order valence-electron chi connectivity index (χ1n) is 5.47. The number of hydrogen-bond donors (Lipinski definition) is 0. The fourth-order valence-electron chi connectivity index (χ4n) is 1.71. The molecule has 0 saturated heterocycles. The number of aryl methyl sites for hydroxylation is 1. The second-order valence-electron chi connectivity index (χ2n) is 4.09. The molecule has 0 unspecified atom stereocenters. The van der Waals surface area contributed by atoms with E-state index in [4.69, 9.17) is 23.2 Å². The van der Waals surface area contributed by atoms with Crippen molar-refractivity contribution in [2.45, 2.75) is 13.8 Å². The molecule has 0 aliphatic heterocycles. The van der Waals surface area contributed by atoms with Gasteiger partial charge in [0.25, 0.3) is 0 Å². The number of ketones is 1. The maximum Gasteiger partial charge on any atom is 0.211 e. The number of carbonyl (C=O) groups excluding carboxylic acids is 1. The van der Waals surface area contributed by atoms with Gasteiger partial charge in [-0.1, -0.05) is 23.2 Å². The Morgan fingerprint density at radius 1 is 1.16 bits per heavy atom. The van der Waals surface area contributed by atoms with Gasteiger partial charge in [0, 0.05) is 28.7 Å². The van der Waals surface area contributed by atoms with Gasteiger partial charge in [-0.25, -0.2) is 4.68 Å². The second kappa shape index (κ2) is 5.15. The molecule has 4 nitrogen and oxygen atoms in total. The van der Waals surface area contributed by atoms with Crippen molar-refractivity contribution < 1.29 is 4.79 Å². The maximum absolute atomic E-state index is 11.7. The first-order valence-corrected chi connectivity index (χ1v) is 6.22. The highest BCUT2D eigenvalue weighted by Crippen LogP contribution is 2.21. The molecule has 1 aromatic carbocycles. The molecular formula is C13H10Cl2N2O2. The van der Waals surface area contributed by atoms with Crippen LogP contribution < -0.4 is 5.43 Å². The maximum atomic E-state index is 11.7. The normalized spacial score (nSPS) is 10.5. The van der Waals surface area contributed by atoms with E-state index < -0.39 is 5.43 Å². The predicted molar refractivity (Wildman–Crippen MR) is 74.6 cm³/mol. The van der Waals surface area contributed by atoms with Gasteiger partial charge in [0.2, 0.25) is 5.43 Å². The van der Waals surface area contributed by atoms with Gasteiger partial charge in [0.15, 0.2) is 11.5 Å². The third-order valence-electron chi connectivity index (χ3n) is 2.53. The van der Waals surface area contributed by atoms with E-state index in [0.717, 1.165) is 0 Å². The number of Topliss-reactive ketones (excluding diaryl/α,β-unsaturated/α-hetero) is 1. The molecule has 2 rings (SSSR count). The van der Waals surface area contributed by atoms with E-state index in [-0.39, 0.29) is 11.5 Å². The summed E-state index contributed by atoms with van der Waals surface area (Å²) >= 11 is 11.9. The topological polar surface area (TPSA) is 52.0 Å². The lowest BCUT2D eigenvalue weighted by molar-refractivity contribution is 0.101. The number of halogens is 2. The Balaban J connectivity index is 2.71. The fourth-order valence-corrected chi connectivity index (χ4v) is 2.23. The third-order valence-corrected chi connectivity index (χ3v) is 2.97. The summed E-state index contributed by atoms with van der Waals surface area (Å²) in [4.78, 5) is 23.0. The summed E-state index contributed by atoms with van der Waals surface area (Å²) in [7, 11) is 0. The van der Waals surface area contributed by atoms with Crippen molar-refractivity contribution in [3.05, 3.63) is 55.9 Å². The lowest BCUT2D eigenvalue weighted by atomic mass is 10.2. The first kappa shape index (κ1) is 13.8. The molecule has 0 spiro atoms. The Kier molecular flexibility index (Phi) is 3.73. The van der Waals surface area contributed by atoms with E-state index in [1.54, 1.807) is 25.1 Å². The number of aromatic nitrogens is 2. The van der Waals surface area contributed by atoms with E-state index in [0.29, 0.717) is 21.4 Å². The smallest absolute Gasteiger partial charge is 0.211 e. The van der Waals surface area contributed by atoms with Crippen LogP contribution in [0.25, 0.3) is 5.69 Å². The number of carbonyl (C=O) groups is 1. The van der Waals surface area contributed by atoms with Crippen molar-refractivity contribution in [1.82, 2.24) is 9.78 Å². The molecule has 0 saturated carbocycles. The van der Waals surface area contributed by atoms with E-state index in [1.165, 1.54) is 17.7 Å². The Morgan fingerprint density at radius 2 is 1.74 bits per heavy atom. The largest absolute Gasteiger partial charge is 0.293 e. The van der Waals surface area contributed by atoms with Crippen LogP contribution in [-0.4, -0.2) is 15.6 Å². The highest BCUT2D eigenvalue weighted by atomic mass is 35.5. The van der Waals surface area contributed by atoms with Gasteiger partial charge in [-0.05, 0) is 25.1 Å². The zero-order valence-electron chi connectivity index (χ0n) is 10.3. The Morgan fingerprint density at radius 3 is 2.26 bits per heavy atom. The quantitative estimate of drug-likeness (QED) is 0.801. The standard InChI is InChI=1S/C13H10Cl2N2O2/c1-7-3-12(19)13(8(2)18)16-17(7)11-5-9(14)4-10(15)6-11/h3-6H,1-2H3. The third kappa shape index (κ3) is 2.85. The molecule has 0 bridgehead atoms. The van der Waals surface area contributed by atoms with Gasteiger partial charge in [-0.15, -0.1) is 0 Å². The number of nitrogens with zero attached hydrogens (tertiary/aromatic N) is 2. The van der Waals surface area contributed by atoms with Crippen molar-refractivity contribution >= 4 is 29.0 Å². The van der Waals surface area contributed by atoms with Crippen LogP contribution in [-0.2, 0) is 0 Å².